The van der Waals surface area contributed by atoms with Crippen LogP contribution in [0.25, 0.3) is 0 Å². The van der Waals surface area contributed by atoms with Gasteiger partial charge in [0.25, 0.3) is 5.91 Å². The predicted octanol–water partition coefficient (Wildman–Crippen LogP) is 1.91. The number of hydrogen-bond donors (Lipinski definition) is 3. The number of rotatable bonds is 8. The number of aliphatic hydroxyl groups excluding tert-OH is 1. The van der Waals surface area contributed by atoms with Crippen LogP contribution in [0.15, 0.2) is 12.1 Å². The lowest BCUT2D eigenvalue weighted by Crippen LogP contribution is -2.39. The molecule has 2 amide bonds. The van der Waals surface area contributed by atoms with Crippen LogP contribution in [0, 0.1) is 5.41 Å². The highest BCUT2D eigenvalue weighted by molar-refractivity contribution is 7.14. The van der Waals surface area contributed by atoms with Crippen LogP contribution in [-0.2, 0) is 11.3 Å². The summed E-state index contributed by atoms with van der Waals surface area (Å²) in [6.45, 7) is 6.47. The van der Waals surface area contributed by atoms with Crippen LogP contribution in [0.1, 0.15) is 48.2 Å². The van der Waals surface area contributed by atoms with Gasteiger partial charge in [-0.05, 0) is 25.0 Å². The summed E-state index contributed by atoms with van der Waals surface area (Å²) >= 11 is 1.37. The van der Waals surface area contributed by atoms with Gasteiger partial charge in [0.1, 0.15) is 0 Å². The van der Waals surface area contributed by atoms with Gasteiger partial charge in [0, 0.05) is 23.8 Å². The summed E-state index contributed by atoms with van der Waals surface area (Å²) < 4.78 is 0. The molecule has 3 N–H and O–H groups in total. The first-order chi connectivity index (χ1) is 9.96. The zero-order valence-electron chi connectivity index (χ0n) is 12.9. The number of hydrogen-bond acceptors (Lipinski definition) is 4. The average Bonchev–Trinajstić information content (AvgIpc) is 2.96. The molecule has 1 aromatic heterocycles. The fraction of sp³-hybridized carbons (Fsp3) is 0.600. The second kappa shape index (κ2) is 8.14. The topological polar surface area (TPSA) is 78.4 Å². The molecular weight excluding hydrogens is 288 g/mol. The van der Waals surface area contributed by atoms with Crippen molar-refractivity contribution in [2.24, 2.45) is 5.41 Å². The van der Waals surface area contributed by atoms with Crippen LogP contribution in [0.5, 0.6) is 0 Å². The average molecular weight is 312 g/mol. The number of aliphatic hydroxyl groups is 1. The summed E-state index contributed by atoms with van der Waals surface area (Å²) in [5.74, 6) is -0.221. The number of thiophene rings is 1. The monoisotopic (exact) mass is 312 g/mol. The highest BCUT2D eigenvalue weighted by Gasteiger charge is 2.26. The van der Waals surface area contributed by atoms with Crippen molar-refractivity contribution in [2.45, 2.75) is 40.2 Å². The van der Waals surface area contributed by atoms with Gasteiger partial charge in [-0.25, -0.2) is 0 Å². The molecule has 0 aliphatic carbocycles. The summed E-state index contributed by atoms with van der Waals surface area (Å²) in [5.41, 5.74) is -0.244. The summed E-state index contributed by atoms with van der Waals surface area (Å²) in [4.78, 5) is 24.5. The molecule has 0 radical (unpaired) electrons. The minimum absolute atomic E-state index is 0.0680. The normalized spacial score (nSPS) is 11.2. The maximum Gasteiger partial charge on any atom is 0.261 e. The molecule has 5 nitrogen and oxygen atoms in total. The van der Waals surface area contributed by atoms with Gasteiger partial charge in [-0.1, -0.05) is 13.8 Å². The molecule has 6 heteroatoms. The van der Waals surface area contributed by atoms with E-state index in [9.17, 15) is 14.7 Å². The van der Waals surface area contributed by atoms with Crippen LogP contribution in [0.4, 0.5) is 0 Å². The third-order valence-electron chi connectivity index (χ3n) is 3.86. The lowest BCUT2D eigenvalue weighted by molar-refractivity contribution is -0.119. The molecule has 21 heavy (non-hydrogen) atoms. The Morgan fingerprint density at radius 1 is 1.24 bits per heavy atom. The molecule has 0 bridgehead atoms. The summed E-state index contributed by atoms with van der Waals surface area (Å²) in [6, 6.07) is 3.60. The van der Waals surface area contributed by atoms with Gasteiger partial charge in [-0.2, -0.15) is 0 Å². The lowest BCUT2D eigenvalue weighted by Gasteiger charge is -2.29. The molecule has 0 saturated heterocycles. The molecule has 0 spiro atoms. The molecule has 0 aliphatic rings. The summed E-state index contributed by atoms with van der Waals surface area (Å²) in [6.07, 6.45) is 1.64. The summed E-state index contributed by atoms with van der Waals surface area (Å²) in [7, 11) is 0. The molecule has 0 aliphatic heterocycles. The Morgan fingerprint density at radius 2 is 1.90 bits per heavy atom. The second-order valence-electron chi connectivity index (χ2n) is 5.22. The molecule has 0 unspecified atom stereocenters. The van der Waals surface area contributed by atoms with Gasteiger partial charge in [-0.15, -0.1) is 11.3 Å². The van der Waals surface area contributed by atoms with Gasteiger partial charge < -0.3 is 15.7 Å². The van der Waals surface area contributed by atoms with Crippen molar-refractivity contribution in [2.75, 3.05) is 13.2 Å². The fourth-order valence-electron chi connectivity index (χ4n) is 1.94. The first kappa shape index (κ1) is 17.7. The fourth-order valence-corrected chi connectivity index (χ4v) is 2.80. The minimum atomic E-state index is -0.244. The molecule has 0 fully saturated rings. The van der Waals surface area contributed by atoms with Crippen LogP contribution < -0.4 is 10.6 Å². The van der Waals surface area contributed by atoms with E-state index in [1.54, 1.807) is 6.07 Å². The molecule has 0 saturated carbocycles. The number of nitrogens with one attached hydrogen (secondary N) is 2. The van der Waals surface area contributed by atoms with E-state index in [0.717, 1.165) is 17.7 Å². The van der Waals surface area contributed by atoms with Crippen LogP contribution in [0.3, 0.4) is 0 Å². The van der Waals surface area contributed by atoms with Gasteiger partial charge in [0.2, 0.25) is 5.91 Å². The van der Waals surface area contributed by atoms with Crippen molar-refractivity contribution < 1.29 is 14.7 Å². The van der Waals surface area contributed by atoms with E-state index in [4.69, 9.17) is 0 Å². The maximum atomic E-state index is 12.1. The molecule has 1 aromatic rings. The van der Waals surface area contributed by atoms with E-state index in [2.05, 4.69) is 10.6 Å². The zero-order chi connectivity index (χ0) is 15.9. The van der Waals surface area contributed by atoms with E-state index < -0.39 is 0 Å². The van der Waals surface area contributed by atoms with Gasteiger partial charge >= 0.3 is 0 Å². The van der Waals surface area contributed by atoms with Gasteiger partial charge in [0.15, 0.2) is 0 Å². The Morgan fingerprint density at radius 3 is 2.43 bits per heavy atom. The van der Waals surface area contributed by atoms with Crippen molar-refractivity contribution in [3.63, 3.8) is 0 Å². The van der Waals surface area contributed by atoms with Gasteiger partial charge in [-0.3, -0.25) is 9.59 Å². The molecular formula is C15H24N2O3S. The predicted molar refractivity (Wildman–Crippen MR) is 84.3 cm³/mol. The Balaban J connectivity index is 2.58. The van der Waals surface area contributed by atoms with Crippen LogP contribution in [0.2, 0.25) is 0 Å². The smallest absolute Gasteiger partial charge is 0.261 e. The van der Waals surface area contributed by atoms with E-state index in [1.165, 1.54) is 18.3 Å². The number of amides is 2. The van der Waals surface area contributed by atoms with Gasteiger partial charge in [0.05, 0.1) is 18.0 Å². The molecule has 118 valence electrons. The van der Waals surface area contributed by atoms with E-state index in [0.29, 0.717) is 18.0 Å². The minimum Gasteiger partial charge on any atom is -0.396 e. The largest absolute Gasteiger partial charge is 0.396 e. The third-order valence-corrected chi connectivity index (χ3v) is 4.94. The zero-order valence-corrected chi connectivity index (χ0v) is 13.7. The van der Waals surface area contributed by atoms with Crippen molar-refractivity contribution in [1.82, 2.24) is 10.6 Å². The Labute approximate surface area is 129 Å². The quantitative estimate of drug-likeness (QED) is 0.686. The van der Waals surface area contributed by atoms with Crippen molar-refractivity contribution >= 4 is 23.2 Å². The third kappa shape index (κ3) is 5.13. The highest BCUT2D eigenvalue weighted by Crippen LogP contribution is 2.25. The molecule has 0 aromatic carbocycles. The summed E-state index contributed by atoms with van der Waals surface area (Å²) in [5, 5.41) is 15.1. The van der Waals surface area contributed by atoms with Crippen LogP contribution >= 0.6 is 11.3 Å². The Bertz CT molecular complexity index is 473. The van der Waals surface area contributed by atoms with E-state index in [-0.39, 0.29) is 23.8 Å². The molecule has 1 rings (SSSR count). The number of carbonyl (C=O) groups excluding carboxylic acids is 2. The van der Waals surface area contributed by atoms with Crippen molar-refractivity contribution in [3.8, 4) is 0 Å². The lowest BCUT2D eigenvalue weighted by atomic mass is 9.83. The van der Waals surface area contributed by atoms with E-state index in [1.807, 2.05) is 19.9 Å². The highest BCUT2D eigenvalue weighted by atomic mass is 32.1. The first-order valence-corrected chi connectivity index (χ1v) is 8.00. The molecule has 1 heterocycles. The standard InChI is InChI=1S/C15H24N2O3S/c1-4-15(5-2,10-18)9-17-14(20)13-7-6-12(21-13)8-16-11(3)19/h6-7,18H,4-5,8-10H2,1-3H3,(H,16,19)(H,17,20). The van der Waals surface area contributed by atoms with Crippen molar-refractivity contribution in [1.29, 1.82) is 0 Å². The first-order valence-electron chi connectivity index (χ1n) is 7.18. The van der Waals surface area contributed by atoms with Crippen molar-refractivity contribution in [3.05, 3.63) is 21.9 Å². The Hall–Kier alpha value is -1.40. The maximum absolute atomic E-state index is 12.1. The number of carbonyl (C=O) groups is 2. The SMILES string of the molecule is CCC(CC)(CO)CNC(=O)c1ccc(CNC(C)=O)s1. The van der Waals surface area contributed by atoms with E-state index >= 15 is 0 Å². The Kier molecular flexibility index (Phi) is 6.84. The van der Waals surface area contributed by atoms with Crippen LogP contribution in [-0.4, -0.2) is 30.1 Å². The molecule has 0 atom stereocenters. The second-order valence-corrected chi connectivity index (χ2v) is 6.39.